The quantitative estimate of drug-likeness (QED) is 0.363. The van der Waals surface area contributed by atoms with Crippen molar-refractivity contribution in [2.24, 2.45) is 0 Å². The zero-order valence-electron chi connectivity index (χ0n) is 21.1. The number of rotatable bonds is 10. The van der Waals surface area contributed by atoms with Gasteiger partial charge in [0.1, 0.15) is 12.6 Å². The molecule has 0 saturated carbocycles. The van der Waals surface area contributed by atoms with Crippen LogP contribution in [0.4, 0.5) is 5.69 Å². The molecule has 0 aliphatic heterocycles. The van der Waals surface area contributed by atoms with Gasteiger partial charge in [0.05, 0.1) is 10.6 Å². The minimum absolute atomic E-state index is 0.0716. The van der Waals surface area contributed by atoms with Crippen molar-refractivity contribution in [3.8, 4) is 0 Å². The van der Waals surface area contributed by atoms with E-state index in [1.165, 1.54) is 35.8 Å². The van der Waals surface area contributed by atoms with Crippen LogP contribution < -0.4 is 9.62 Å². The summed E-state index contributed by atoms with van der Waals surface area (Å²) in [5.41, 5.74) is 2.06. The molecule has 196 valence electrons. The van der Waals surface area contributed by atoms with E-state index < -0.39 is 28.5 Å². The molecule has 0 radical (unpaired) electrons. The van der Waals surface area contributed by atoms with E-state index in [4.69, 9.17) is 11.6 Å². The molecule has 37 heavy (non-hydrogen) atoms. The Hall–Kier alpha value is -3.01. The van der Waals surface area contributed by atoms with Crippen LogP contribution in [0.3, 0.4) is 0 Å². The molecule has 0 heterocycles. The lowest BCUT2D eigenvalue weighted by Crippen LogP contribution is -2.50. The molecule has 0 saturated heterocycles. The molecule has 1 atom stereocenters. The van der Waals surface area contributed by atoms with Gasteiger partial charge in [-0.1, -0.05) is 41.4 Å². The van der Waals surface area contributed by atoms with E-state index in [0.717, 1.165) is 20.3 Å². The van der Waals surface area contributed by atoms with Gasteiger partial charge in [0.25, 0.3) is 10.0 Å². The van der Waals surface area contributed by atoms with Gasteiger partial charge in [-0.3, -0.25) is 13.9 Å². The Morgan fingerprint density at radius 3 is 2.11 bits per heavy atom. The lowest BCUT2D eigenvalue weighted by Gasteiger charge is -2.31. The van der Waals surface area contributed by atoms with Gasteiger partial charge < -0.3 is 10.2 Å². The number of hydrogen-bond donors (Lipinski definition) is 1. The molecule has 0 spiro atoms. The Balaban J connectivity index is 2.01. The lowest BCUT2D eigenvalue weighted by atomic mass is 10.1. The Bertz CT molecular complexity index is 1330. The third-order valence-corrected chi connectivity index (χ3v) is 8.71. The Morgan fingerprint density at radius 1 is 0.973 bits per heavy atom. The predicted octanol–water partition coefficient (Wildman–Crippen LogP) is 4.73. The molecule has 1 N–H and O–H groups in total. The highest BCUT2D eigenvalue weighted by molar-refractivity contribution is 7.98. The maximum atomic E-state index is 13.8. The molecule has 0 aliphatic carbocycles. The molecule has 0 fully saturated rings. The third-order valence-electron chi connectivity index (χ3n) is 5.93. The molecular weight excluding hydrogens is 530 g/mol. The molecule has 3 aromatic rings. The first kappa shape index (κ1) is 28.6. The molecular formula is C27H30ClN3O4S2. The minimum Gasteiger partial charge on any atom is -0.357 e. The highest BCUT2D eigenvalue weighted by atomic mass is 35.5. The molecule has 0 aromatic heterocycles. The van der Waals surface area contributed by atoms with Gasteiger partial charge in [-0.05, 0) is 74.2 Å². The molecule has 0 aliphatic rings. The largest absolute Gasteiger partial charge is 0.357 e. The predicted molar refractivity (Wildman–Crippen MR) is 149 cm³/mol. The lowest BCUT2D eigenvalue weighted by molar-refractivity contribution is -0.139. The number of thioether (sulfide) groups is 1. The van der Waals surface area contributed by atoms with E-state index >= 15 is 0 Å². The summed E-state index contributed by atoms with van der Waals surface area (Å²) in [6.07, 6.45) is 1.91. The Morgan fingerprint density at radius 2 is 1.57 bits per heavy atom. The first-order chi connectivity index (χ1) is 17.6. The average molecular weight is 560 g/mol. The summed E-state index contributed by atoms with van der Waals surface area (Å²) in [7, 11) is -2.60. The van der Waals surface area contributed by atoms with Crippen molar-refractivity contribution in [1.82, 2.24) is 10.2 Å². The summed E-state index contributed by atoms with van der Waals surface area (Å²) in [5, 5.41) is 3.11. The summed E-state index contributed by atoms with van der Waals surface area (Å²) in [6.45, 7) is 3.13. The first-order valence-electron chi connectivity index (χ1n) is 11.6. The number of nitrogens with zero attached hydrogens (tertiary/aromatic N) is 2. The van der Waals surface area contributed by atoms with Crippen LogP contribution in [0, 0.1) is 6.92 Å². The Kier molecular flexibility index (Phi) is 9.64. The van der Waals surface area contributed by atoms with Crippen molar-refractivity contribution >= 4 is 50.9 Å². The van der Waals surface area contributed by atoms with E-state index in [1.807, 2.05) is 13.2 Å². The summed E-state index contributed by atoms with van der Waals surface area (Å²) in [6, 6.07) is 19.5. The number of likely N-dealkylation sites (N-methyl/N-ethyl adjacent to an activating group) is 1. The van der Waals surface area contributed by atoms with E-state index in [-0.39, 0.29) is 17.3 Å². The maximum Gasteiger partial charge on any atom is 0.264 e. The van der Waals surface area contributed by atoms with Crippen LogP contribution in [0.2, 0.25) is 5.02 Å². The number of nitrogens with one attached hydrogen (secondary N) is 1. The number of carbonyl (C=O) groups excluding carboxylic acids is 2. The van der Waals surface area contributed by atoms with Crippen molar-refractivity contribution < 1.29 is 18.0 Å². The van der Waals surface area contributed by atoms with E-state index in [9.17, 15) is 18.0 Å². The van der Waals surface area contributed by atoms with Crippen LogP contribution in [0.25, 0.3) is 0 Å². The fourth-order valence-corrected chi connectivity index (χ4v) is 5.64. The number of aryl methyl sites for hydroxylation is 1. The van der Waals surface area contributed by atoms with Crippen molar-refractivity contribution in [1.29, 1.82) is 0 Å². The topological polar surface area (TPSA) is 86.8 Å². The van der Waals surface area contributed by atoms with E-state index in [2.05, 4.69) is 5.32 Å². The molecule has 3 aromatic carbocycles. The maximum absolute atomic E-state index is 13.8. The number of hydrogen-bond acceptors (Lipinski definition) is 5. The second kappa shape index (κ2) is 12.5. The summed E-state index contributed by atoms with van der Waals surface area (Å²) in [5.74, 6) is -0.879. The number of carbonyl (C=O) groups is 2. The van der Waals surface area contributed by atoms with Crippen LogP contribution in [0.1, 0.15) is 18.1 Å². The number of halogens is 1. The highest BCUT2D eigenvalue weighted by Crippen LogP contribution is 2.26. The van der Waals surface area contributed by atoms with Gasteiger partial charge in [-0.25, -0.2) is 8.42 Å². The molecule has 0 bridgehead atoms. The zero-order chi connectivity index (χ0) is 27.2. The van der Waals surface area contributed by atoms with Gasteiger partial charge in [0.2, 0.25) is 11.8 Å². The standard InChI is InChI=1S/C27H30ClN3O4S2/c1-19-5-11-23(12-6-19)31(37(34,35)25-15-13-24(36-4)14-16-25)18-26(32)30(20(2)27(33)29-3)17-21-7-9-22(28)10-8-21/h5-16,20H,17-18H2,1-4H3,(H,29,33)/t20-/m0/s1. The van der Waals surface area contributed by atoms with Crippen molar-refractivity contribution in [3.63, 3.8) is 0 Å². The van der Waals surface area contributed by atoms with Crippen LogP contribution in [0.15, 0.2) is 82.6 Å². The molecule has 0 unspecified atom stereocenters. The highest BCUT2D eigenvalue weighted by Gasteiger charge is 2.32. The van der Waals surface area contributed by atoms with E-state index in [0.29, 0.717) is 10.7 Å². The molecule has 10 heteroatoms. The number of anilines is 1. The van der Waals surface area contributed by atoms with Gasteiger partial charge in [0.15, 0.2) is 0 Å². The van der Waals surface area contributed by atoms with Gasteiger partial charge in [-0.2, -0.15) is 0 Å². The van der Waals surface area contributed by atoms with Crippen LogP contribution in [-0.2, 0) is 26.2 Å². The normalized spacial score (nSPS) is 12.0. The minimum atomic E-state index is -4.09. The SMILES string of the molecule is CNC(=O)[C@H](C)N(Cc1ccc(Cl)cc1)C(=O)CN(c1ccc(C)cc1)S(=O)(=O)c1ccc(SC)cc1. The fraction of sp³-hybridized carbons (Fsp3) is 0.259. The third kappa shape index (κ3) is 7.06. The number of sulfonamides is 1. The second-order valence-corrected chi connectivity index (χ2v) is 11.6. The van der Waals surface area contributed by atoms with Crippen molar-refractivity contribution in [2.75, 3.05) is 24.2 Å². The smallest absolute Gasteiger partial charge is 0.264 e. The molecule has 2 amide bonds. The first-order valence-corrected chi connectivity index (χ1v) is 14.6. The van der Waals surface area contributed by atoms with Crippen LogP contribution in [-0.4, -0.2) is 51.0 Å². The summed E-state index contributed by atoms with van der Waals surface area (Å²) in [4.78, 5) is 28.6. The number of amides is 2. The number of benzene rings is 3. The van der Waals surface area contributed by atoms with Crippen LogP contribution >= 0.6 is 23.4 Å². The van der Waals surface area contributed by atoms with Crippen molar-refractivity contribution in [2.45, 2.75) is 36.2 Å². The molecule has 7 nitrogen and oxygen atoms in total. The van der Waals surface area contributed by atoms with E-state index in [1.54, 1.807) is 67.6 Å². The summed E-state index contributed by atoms with van der Waals surface area (Å²) >= 11 is 7.51. The monoisotopic (exact) mass is 559 g/mol. The van der Waals surface area contributed by atoms with Gasteiger partial charge in [0, 0.05) is 23.5 Å². The average Bonchev–Trinajstić information content (AvgIpc) is 2.91. The van der Waals surface area contributed by atoms with Gasteiger partial charge in [-0.15, -0.1) is 11.8 Å². The van der Waals surface area contributed by atoms with Crippen molar-refractivity contribution in [3.05, 3.63) is 88.9 Å². The second-order valence-electron chi connectivity index (χ2n) is 8.46. The summed E-state index contributed by atoms with van der Waals surface area (Å²) < 4.78 is 28.7. The van der Waals surface area contributed by atoms with Crippen LogP contribution in [0.5, 0.6) is 0 Å². The fourth-order valence-electron chi connectivity index (χ4n) is 3.69. The zero-order valence-corrected chi connectivity index (χ0v) is 23.5. The Labute approximate surface area is 227 Å². The molecule has 3 rings (SSSR count). The van der Waals surface area contributed by atoms with Gasteiger partial charge >= 0.3 is 0 Å².